The maximum absolute atomic E-state index is 4.55. The second-order valence-corrected chi connectivity index (χ2v) is 8.69. The van der Waals surface area contributed by atoms with E-state index < -0.39 is 0 Å². The first-order valence-corrected chi connectivity index (χ1v) is 9.39. The molecule has 2 nitrogen and oxygen atoms in total. The predicted octanol–water partition coefficient (Wildman–Crippen LogP) is 6.16. The number of hydrogen-bond acceptors (Lipinski definition) is 2. The van der Waals surface area contributed by atoms with E-state index in [0.717, 1.165) is 11.3 Å². The highest BCUT2D eigenvalue weighted by molar-refractivity contribution is 5.71. The van der Waals surface area contributed by atoms with Crippen LogP contribution < -0.4 is 0 Å². The average molecular weight is 342 g/mol. The van der Waals surface area contributed by atoms with Crippen LogP contribution in [0.15, 0.2) is 61.1 Å². The van der Waals surface area contributed by atoms with E-state index in [1.54, 1.807) is 0 Å². The summed E-state index contributed by atoms with van der Waals surface area (Å²) in [5, 5.41) is 0. The van der Waals surface area contributed by atoms with E-state index in [9.17, 15) is 0 Å². The molecule has 3 aromatic rings. The molecular formula is C24H26N2. The van der Waals surface area contributed by atoms with Crippen molar-refractivity contribution in [3.8, 4) is 22.4 Å². The summed E-state index contributed by atoms with van der Waals surface area (Å²) in [4.78, 5) is 8.65. The van der Waals surface area contributed by atoms with Crippen molar-refractivity contribution in [3.05, 3.63) is 72.2 Å². The molecule has 26 heavy (non-hydrogen) atoms. The number of pyridine rings is 2. The van der Waals surface area contributed by atoms with Gasteiger partial charge < -0.3 is 0 Å². The van der Waals surface area contributed by atoms with Crippen molar-refractivity contribution in [1.82, 2.24) is 9.97 Å². The number of benzene rings is 1. The van der Waals surface area contributed by atoms with Crippen molar-refractivity contribution in [2.45, 2.75) is 51.4 Å². The van der Waals surface area contributed by atoms with Gasteiger partial charge in [-0.15, -0.1) is 0 Å². The molecule has 0 saturated carbocycles. The molecule has 1 aromatic carbocycles. The van der Waals surface area contributed by atoms with Crippen LogP contribution in [0.4, 0.5) is 0 Å². The van der Waals surface area contributed by atoms with Crippen LogP contribution in [0.5, 0.6) is 0 Å². The second-order valence-electron chi connectivity index (χ2n) is 8.69. The maximum atomic E-state index is 4.55. The fourth-order valence-corrected chi connectivity index (χ4v) is 4.06. The summed E-state index contributed by atoms with van der Waals surface area (Å²) >= 11 is 0. The summed E-state index contributed by atoms with van der Waals surface area (Å²) < 4.78 is 0. The number of nitrogens with zero attached hydrogens (tertiary/aromatic N) is 2. The van der Waals surface area contributed by atoms with Crippen LogP contribution in [0, 0.1) is 0 Å². The molecule has 0 amide bonds. The summed E-state index contributed by atoms with van der Waals surface area (Å²) in [5.41, 5.74) is 8.05. The minimum absolute atomic E-state index is 0.224. The molecule has 0 unspecified atom stereocenters. The molecule has 132 valence electrons. The van der Waals surface area contributed by atoms with E-state index in [1.165, 1.54) is 35.1 Å². The predicted molar refractivity (Wildman–Crippen MR) is 108 cm³/mol. The largest absolute Gasteiger partial charge is 0.265 e. The highest BCUT2D eigenvalue weighted by Crippen LogP contribution is 2.46. The van der Waals surface area contributed by atoms with Gasteiger partial charge in [0.2, 0.25) is 0 Å². The zero-order valence-electron chi connectivity index (χ0n) is 16.1. The molecule has 2 heterocycles. The van der Waals surface area contributed by atoms with Crippen molar-refractivity contribution in [3.63, 3.8) is 0 Å². The first kappa shape index (κ1) is 17.0. The van der Waals surface area contributed by atoms with Gasteiger partial charge in [-0.1, -0.05) is 45.9 Å². The lowest BCUT2D eigenvalue weighted by atomic mass is 9.63. The van der Waals surface area contributed by atoms with E-state index in [2.05, 4.69) is 68.0 Å². The fraction of sp³-hybridized carbons (Fsp3) is 0.333. The molecule has 1 aliphatic carbocycles. The van der Waals surface area contributed by atoms with Crippen LogP contribution in [-0.4, -0.2) is 9.97 Å². The molecule has 0 atom stereocenters. The smallest absolute Gasteiger partial charge is 0.0709 e. The number of fused-ring (bicyclic) bond motifs is 1. The van der Waals surface area contributed by atoms with Crippen LogP contribution in [0.1, 0.15) is 51.7 Å². The Kier molecular flexibility index (Phi) is 3.95. The third kappa shape index (κ3) is 2.94. The Morgan fingerprint density at radius 3 is 2.00 bits per heavy atom. The molecule has 0 fully saturated rings. The molecule has 0 radical (unpaired) electrons. The topological polar surface area (TPSA) is 25.8 Å². The van der Waals surface area contributed by atoms with Crippen LogP contribution >= 0.6 is 0 Å². The summed E-state index contributed by atoms with van der Waals surface area (Å²) in [6.45, 7) is 9.49. The van der Waals surface area contributed by atoms with Gasteiger partial charge in [0.1, 0.15) is 0 Å². The van der Waals surface area contributed by atoms with Gasteiger partial charge in [-0.05, 0) is 70.2 Å². The highest BCUT2D eigenvalue weighted by atomic mass is 14.7. The molecule has 4 rings (SSSR count). The van der Waals surface area contributed by atoms with Crippen molar-refractivity contribution < 1.29 is 0 Å². The molecule has 1 aliphatic rings. The summed E-state index contributed by atoms with van der Waals surface area (Å²) in [5.74, 6) is 0. The number of rotatable bonds is 2. The monoisotopic (exact) mass is 342 g/mol. The normalized spacial score (nSPS) is 17.5. The third-order valence-corrected chi connectivity index (χ3v) is 5.92. The van der Waals surface area contributed by atoms with Crippen LogP contribution in [0.3, 0.4) is 0 Å². The standard InChI is InChI=1S/C24H26N2/c1-23(2)10-11-24(3,4)21-15-18(5-6-20(21)23)19-9-14-26-22(16-19)17-7-12-25-13-8-17/h5-9,12-16H,10-11H2,1-4H3. The van der Waals surface area contributed by atoms with Gasteiger partial charge in [-0.3, -0.25) is 9.97 Å². The van der Waals surface area contributed by atoms with E-state index >= 15 is 0 Å². The fourth-order valence-electron chi connectivity index (χ4n) is 4.06. The third-order valence-electron chi connectivity index (χ3n) is 5.92. The lowest BCUT2D eigenvalue weighted by molar-refractivity contribution is 0.332. The van der Waals surface area contributed by atoms with Crippen molar-refractivity contribution in [2.75, 3.05) is 0 Å². The Morgan fingerprint density at radius 1 is 0.654 bits per heavy atom. The summed E-state index contributed by atoms with van der Waals surface area (Å²) in [6.07, 6.45) is 8.00. The van der Waals surface area contributed by atoms with E-state index in [-0.39, 0.29) is 10.8 Å². The molecule has 2 aromatic heterocycles. The SMILES string of the molecule is CC1(C)CCC(C)(C)c2cc(-c3ccnc(-c4ccncc4)c3)ccc21. The number of hydrogen-bond donors (Lipinski definition) is 0. The van der Waals surface area contributed by atoms with Gasteiger partial charge in [0.25, 0.3) is 0 Å². The Labute approximate surface area is 156 Å². The Bertz CT molecular complexity index is 939. The molecule has 0 bridgehead atoms. The first-order valence-electron chi connectivity index (χ1n) is 9.39. The molecule has 0 N–H and O–H groups in total. The van der Waals surface area contributed by atoms with Crippen molar-refractivity contribution in [1.29, 1.82) is 0 Å². The van der Waals surface area contributed by atoms with Crippen molar-refractivity contribution >= 4 is 0 Å². The molecule has 0 saturated heterocycles. The first-order chi connectivity index (χ1) is 12.4. The Balaban J connectivity index is 1.81. The zero-order valence-corrected chi connectivity index (χ0v) is 16.1. The molecule has 0 aliphatic heterocycles. The quantitative estimate of drug-likeness (QED) is 0.557. The van der Waals surface area contributed by atoms with Crippen molar-refractivity contribution in [2.24, 2.45) is 0 Å². The van der Waals surface area contributed by atoms with E-state index in [0.29, 0.717) is 0 Å². The summed E-state index contributed by atoms with van der Waals surface area (Å²) in [7, 11) is 0. The lowest BCUT2D eigenvalue weighted by Gasteiger charge is -2.42. The van der Waals surface area contributed by atoms with Gasteiger partial charge in [0.15, 0.2) is 0 Å². The van der Waals surface area contributed by atoms with Gasteiger partial charge >= 0.3 is 0 Å². The Morgan fingerprint density at radius 2 is 1.27 bits per heavy atom. The second kappa shape index (κ2) is 6.05. The minimum Gasteiger partial charge on any atom is -0.265 e. The van der Waals surface area contributed by atoms with E-state index in [1.807, 2.05) is 30.7 Å². The molecule has 2 heteroatoms. The number of aromatic nitrogens is 2. The summed E-state index contributed by atoms with van der Waals surface area (Å²) in [6, 6.07) is 15.3. The molecular weight excluding hydrogens is 316 g/mol. The van der Waals surface area contributed by atoms with Crippen LogP contribution in [0.25, 0.3) is 22.4 Å². The maximum Gasteiger partial charge on any atom is 0.0709 e. The van der Waals surface area contributed by atoms with E-state index in [4.69, 9.17) is 0 Å². The minimum atomic E-state index is 0.224. The van der Waals surface area contributed by atoms with Gasteiger partial charge in [0, 0.05) is 24.2 Å². The molecule has 0 spiro atoms. The zero-order chi connectivity index (χ0) is 18.4. The van der Waals surface area contributed by atoms with Gasteiger partial charge in [-0.25, -0.2) is 0 Å². The van der Waals surface area contributed by atoms with Gasteiger partial charge in [-0.2, -0.15) is 0 Å². The van der Waals surface area contributed by atoms with Crippen LogP contribution in [0.2, 0.25) is 0 Å². The lowest BCUT2D eigenvalue weighted by Crippen LogP contribution is -2.33. The average Bonchev–Trinajstić information content (AvgIpc) is 2.66. The Hall–Kier alpha value is -2.48. The van der Waals surface area contributed by atoms with Crippen LogP contribution in [-0.2, 0) is 10.8 Å². The highest BCUT2D eigenvalue weighted by Gasteiger charge is 2.36. The van der Waals surface area contributed by atoms with Gasteiger partial charge in [0.05, 0.1) is 5.69 Å².